The summed E-state index contributed by atoms with van der Waals surface area (Å²) in [6, 6.07) is 1.87. The molecule has 1 N–H and O–H groups in total. The SMILES string of the molecule is O=S1(=O)NCCc2ccsc21. The average molecular weight is 189 g/mol. The lowest BCUT2D eigenvalue weighted by Gasteiger charge is -2.11. The van der Waals surface area contributed by atoms with Crippen molar-refractivity contribution in [2.75, 3.05) is 6.54 Å². The molecule has 0 atom stereocenters. The summed E-state index contributed by atoms with van der Waals surface area (Å²) >= 11 is 1.28. The van der Waals surface area contributed by atoms with Gasteiger partial charge >= 0.3 is 0 Å². The highest BCUT2D eigenvalue weighted by molar-refractivity contribution is 7.91. The predicted octanol–water partition coefficient (Wildman–Crippen LogP) is 0.583. The summed E-state index contributed by atoms with van der Waals surface area (Å²) in [6.45, 7) is 0.534. The van der Waals surface area contributed by atoms with Crippen LogP contribution in [0.15, 0.2) is 15.7 Å². The fourth-order valence-electron chi connectivity index (χ4n) is 1.13. The van der Waals surface area contributed by atoms with Gasteiger partial charge in [0.2, 0.25) is 10.0 Å². The second kappa shape index (κ2) is 2.30. The van der Waals surface area contributed by atoms with Crippen LogP contribution in [-0.2, 0) is 16.4 Å². The van der Waals surface area contributed by atoms with E-state index in [9.17, 15) is 8.42 Å². The lowest BCUT2D eigenvalue weighted by molar-refractivity contribution is 0.577. The summed E-state index contributed by atoms with van der Waals surface area (Å²) < 4.78 is 25.4. The van der Waals surface area contributed by atoms with Gasteiger partial charge in [-0.25, -0.2) is 13.1 Å². The Morgan fingerprint density at radius 3 is 3.09 bits per heavy atom. The minimum atomic E-state index is -3.13. The van der Waals surface area contributed by atoms with Crippen LogP contribution in [0.4, 0.5) is 0 Å². The second-order valence-electron chi connectivity index (χ2n) is 2.38. The van der Waals surface area contributed by atoms with Crippen LogP contribution in [0.2, 0.25) is 0 Å². The Morgan fingerprint density at radius 2 is 2.36 bits per heavy atom. The number of sulfonamides is 1. The Balaban J connectivity index is 2.66. The molecule has 60 valence electrons. The Labute approximate surface area is 69.1 Å². The highest BCUT2D eigenvalue weighted by Crippen LogP contribution is 2.25. The third-order valence-electron chi connectivity index (χ3n) is 1.64. The Hall–Kier alpha value is -0.390. The Bertz CT molecular complexity index is 366. The molecular formula is C6H7NO2S2. The zero-order valence-corrected chi connectivity index (χ0v) is 7.33. The van der Waals surface area contributed by atoms with Crippen molar-refractivity contribution < 1.29 is 8.42 Å². The highest BCUT2D eigenvalue weighted by atomic mass is 32.2. The van der Waals surface area contributed by atoms with E-state index in [0.29, 0.717) is 10.8 Å². The van der Waals surface area contributed by atoms with Gasteiger partial charge in [-0.2, -0.15) is 0 Å². The molecule has 0 aromatic carbocycles. The van der Waals surface area contributed by atoms with E-state index < -0.39 is 10.0 Å². The molecule has 2 heterocycles. The standard InChI is InChI=1S/C6H7NO2S2/c8-11(9)6-5(1-3-7-11)2-4-10-6/h2,4,7H,1,3H2. The van der Waals surface area contributed by atoms with Crippen molar-refractivity contribution in [3.05, 3.63) is 17.0 Å². The highest BCUT2D eigenvalue weighted by Gasteiger charge is 2.23. The molecule has 2 rings (SSSR count). The number of hydrogen-bond acceptors (Lipinski definition) is 3. The first-order chi connectivity index (χ1) is 5.20. The van der Waals surface area contributed by atoms with Gasteiger partial charge < -0.3 is 0 Å². The molecule has 0 saturated carbocycles. The van der Waals surface area contributed by atoms with E-state index in [1.165, 1.54) is 11.3 Å². The first-order valence-electron chi connectivity index (χ1n) is 3.26. The van der Waals surface area contributed by atoms with E-state index in [2.05, 4.69) is 4.72 Å². The summed E-state index contributed by atoms with van der Waals surface area (Å²) in [5.74, 6) is 0. The Kier molecular flexibility index (Phi) is 1.52. The van der Waals surface area contributed by atoms with Gasteiger partial charge in [0.05, 0.1) is 0 Å². The molecule has 0 bridgehead atoms. The second-order valence-corrected chi connectivity index (χ2v) is 5.26. The topological polar surface area (TPSA) is 46.2 Å². The molecule has 0 unspecified atom stereocenters. The molecule has 1 aliphatic heterocycles. The third-order valence-corrected chi connectivity index (χ3v) is 4.67. The van der Waals surface area contributed by atoms with E-state index in [0.717, 1.165) is 12.0 Å². The lowest BCUT2D eigenvalue weighted by Crippen LogP contribution is -2.30. The summed E-state index contributed by atoms with van der Waals surface area (Å²) in [7, 11) is -3.13. The van der Waals surface area contributed by atoms with Crippen molar-refractivity contribution in [3.8, 4) is 0 Å². The van der Waals surface area contributed by atoms with Crippen LogP contribution in [-0.4, -0.2) is 15.0 Å². The maximum atomic E-state index is 11.2. The van der Waals surface area contributed by atoms with Gasteiger partial charge in [-0.05, 0) is 23.4 Å². The molecular weight excluding hydrogens is 182 g/mol. The molecule has 0 aliphatic carbocycles. The third kappa shape index (κ3) is 1.09. The fourth-order valence-corrected chi connectivity index (χ4v) is 3.67. The quantitative estimate of drug-likeness (QED) is 0.649. The molecule has 1 aromatic heterocycles. The minimum absolute atomic E-state index is 0.490. The van der Waals surface area contributed by atoms with E-state index in [-0.39, 0.29) is 0 Å². The van der Waals surface area contributed by atoms with Crippen LogP contribution in [0.5, 0.6) is 0 Å². The molecule has 3 nitrogen and oxygen atoms in total. The predicted molar refractivity (Wildman–Crippen MR) is 43.2 cm³/mol. The summed E-state index contributed by atoms with van der Waals surface area (Å²) in [5.41, 5.74) is 0.953. The van der Waals surface area contributed by atoms with Crippen LogP contribution in [0.1, 0.15) is 5.56 Å². The van der Waals surface area contributed by atoms with Crippen LogP contribution in [0.25, 0.3) is 0 Å². The zero-order chi connectivity index (χ0) is 7.90. The van der Waals surface area contributed by atoms with Gasteiger partial charge in [-0.1, -0.05) is 0 Å². The molecule has 0 amide bonds. The van der Waals surface area contributed by atoms with Crippen molar-refractivity contribution in [1.29, 1.82) is 0 Å². The molecule has 0 spiro atoms. The average Bonchev–Trinajstić information content (AvgIpc) is 2.34. The molecule has 11 heavy (non-hydrogen) atoms. The smallest absolute Gasteiger partial charge is 0.210 e. The lowest BCUT2D eigenvalue weighted by atomic mass is 10.2. The van der Waals surface area contributed by atoms with E-state index in [1.54, 1.807) is 0 Å². The van der Waals surface area contributed by atoms with Gasteiger partial charge in [0.1, 0.15) is 4.21 Å². The number of nitrogens with one attached hydrogen (secondary N) is 1. The monoisotopic (exact) mass is 189 g/mol. The van der Waals surface area contributed by atoms with Crippen molar-refractivity contribution >= 4 is 21.4 Å². The number of hydrogen-bond donors (Lipinski definition) is 1. The van der Waals surface area contributed by atoms with Gasteiger partial charge in [-0.15, -0.1) is 11.3 Å². The summed E-state index contributed by atoms with van der Waals surface area (Å²) in [6.07, 6.45) is 0.818. The number of fused-ring (bicyclic) bond motifs is 1. The van der Waals surface area contributed by atoms with Crippen LogP contribution < -0.4 is 4.72 Å². The van der Waals surface area contributed by atoms with Crippen LogP contribution in [0.3, 0.4) is 0 Å². The molecule has 1 aliphatic rings. The number of thiophene rings is 1. The first kappa shape index (κ1) is 7.27. The maximum Gasteiger partial charge on any atom is 0.250 e. The summed E-state index contributed by atoms with van der Waals surface area (Å²) in [4.78, 5) is 0. The first-order valence-corrected chi connectivity index (χ1v) is 5.62. The van der Waals surface area contributed by atoms with Crippen molar-refractivity contribution in [3.63, 3.8) is 0 Å². The van der Waals surface area contributed by atoms with Gasteiger partial charge in [0.15, 0.2) is 0 Å². The van der Waals surface area contributed by atoms with E-state index in [4.69, 9.17) is 0 Å². The van der Waals surface area contributed by atoms with Crippen LogP contribution >= 0.6 is 11.3 Å². The van der Waals surface area contributed by atoms with Gasteiger partial charge in [0, 0.05) is 6.54 Å². The van der Waals surface area contributed by atoms with Gasteiger partial charge in [0.25, 0.3) is 0 Å². The van der Waals surface area contributed by atoms with Crippen molar-refractivity contribution in [2.24, 2.45) is 0 Å². The van der Waals surface area contributed by atoms with E-state index >= 15 is 0 Å². The van der Waals surface area contributed by atoms with Crippen LogP contribution in [0, 0.1) is 0 Å². The van der Waals surface area contributed by atoms with Crippen molar-refractivity contribution in [2.45, 2.75) is 10.6 Å². The Morgan fingerprint density at radius 1 is 1.55 bits per heavy atom. The zero-order valence-electron chi connectivity index (χ0n) is 5.70. The molecule has 0 radical (unpaired) electrons. The minimum Gasteiger partial charge on any atom is -0.210 e. The fraction of sp³-hybridized carbons (Fsp3) is 0.333. The normalized spacial score (nSPS) is 21.1. The maximum absolute atomic E-state index is 11.2. The summed E-state index contributed by atoms with van der Waals surface area (Å²) in [5, 5.41) is 1.81. The largest absolute Gasteiger partial charge is 0.250 e. The molecule has 1 aromatic rings. The van der Waals surface area contributed by atoms with Gasteiger partial charge in [-0.3, -0.25) is 0 Å². The molecule has 5 heteroatoms. The molecule has 0 saturated heterocycles. The van der Waals surface area contributed by atoms with E-state index in [1.807, 2.05) is 11.4 Å². The molecule has 0 fully saturated rings. The number of rotatable bonds is 0. The van der Waals surface area contributed by atoms with Crippen molar-refractivity contribution in [1.82, 2.24) is 4.72 Å².